The standard InChI is InChI=1S/C47H54N6O21S/c1-26(54)67-25-41-42(68-27(2)55)43(69-28(3)56)44(70-29(4)57)47(72-41)71-38-9-7-31(45(59)49-10-12-64-14-16-66-17-15-65-13-11-51-52-48)20-40(38)74-75(61,62)73-34-8-6-30-18-33-23-50-36-22-37(58)39(63-5)21-35(36)46(60)53(33)24-32(30)19-34/h6-9,19-23,33,41-44,47,58H,10-18,24-25H2,1-5H3,(H,49,59)/t33-,41+,42-,43-,44+,47?/m0/s1. The number of aromatic hydroxyl groups is 1. The number of hydrogen-bond acceptors (Lipinski definition) is 23. The third-order valence-electron chi connectivity index (χ3n) is 11.0. The Bertz CT molecular complexity index is 2790. The van der Waals surface area contributed by atoms with E-state index in [-0.39, 0.29) is 93.3 Å². The van der Waals surface area contributed by atoms with Gasteiger partial charge in [-0.25, -0.2) is 0 Å². The number of nitrogens with one attached hydrogen (secondary N) is 1. The smallest absolute Gasteiger partial charge is 0.501 e. The highest BCUT2D eigenvalue weighted by Gasteiger charge is 2.53. The van der Waals surface area contributed by atoms with Gasteiger partial charge < -0.3 is 71.1 Å². The van der Waals surface area contributed by atoms with Crippen molar-refractivity contribution in [2.45, 2.75) is 77.4 Å². The lowest BCUT2D eigenvalue weighted by Crippen LogP contribution is -2.63. The fraction of sp³-hybridized carbons (Fsp3) is 0.468. The number of rotatable bonds is 25. The van der Waals surface area contributed by atoms with Gasteiger partial charge in [0.2, 0.25) is 12.4 Å². The van der Waals surface area contributed by atoms with E-state index in [1.807, 2.05) is 0 Å². The number of phenolic OH excluding ortho intramolecular Hbond substituents is 1. The van der Waals surface area contributed by atoms with Gasteiger partial charge in [-0.1, -0.05) is 11.2 Å². The van der Waals surface area contributed by atoms with Crippen LogP contribution in [-0.2, 0) is 80.4 Å². The number of ether oxygens (including phenoxy) is 10. The summed E-state index contributed by atoms with van der Waals surface area (Å²) in [5.74, 6) is -6.23. The first-order valence-corrected chi connectivity index (χ1v) is 24.3. The zero-order valence-corrected chi connectivity index (χ0v) is 42.0. The third-order valence-corrected chi connectivity index (χ3v) is 11.8. The second kappa shape index (κ2) is 26.5. The molecule has 75 heavy (non-hydrogen) atoms. The highest BCUT2D eigenvalue weighted by atomic mass is 32.3. The fourth-order valence-electron chi connectivity index (χ4n) is 7.81. The molecular formula is C47H54N6O21S. The molecule has 0 aromatic heterocycles. The van der Waals surface area contributed by atoms with Gasteiger partial charge in [-0.15, -0.1) is 8.42 Å². The van der Waals surface area contributed by atoms with Crippen LogP contribution in [0.3, 0.4) is 0 Å². The Labute approximate surface area is 429 Å². The molecule has 3 aliphatic rings. The van der Waals surface area contributed by atoms with Crippen molar-refractivity contribution >= 4 is 58.0 Å². The van der Waals surface area contributed by atoms with Crippen LogP contribution in [-0.4, -0.2) is 164 Å². The lowest BCUT2D eigenvalue weighted by molar-refractivity contribution is -0.288. The molecule has 3 aromatic carbocycles. The first kappa shape index (κ1) is 56.5. The van der Waals surface area contributed by atoms with E-state index in [0.29, 0.717) is 12.0 Å². The van der Waals surface area contributed by atoms with Gasteiger partial charge in [0.15, 0.2) is 35.2 Å². The Hall–Kier alpha value is -7.75. The molecule has 28 heteroatoms. The summed E-state index contributed by atoms with van der Waals surface area (Å²) in [6.07, 6.45) is -6.40. The monoisotopic (exact) mass is 1070 g/mol. The summed E-state index contributed by atoms with van der Waals surface area (Å²) in [5, 5.41) is 16.3. The molecule has 2 amide bonds. The maximum Gasteiger partial charge on any atom is 0.501 e. The van der Waals surface area contributed by atoms with Gasteiger partial charge in [0.05, 0.1) is 64.0 Å². The van der Waals surface area contributed by atoms with Crippen molar-refractivity contribution in [1.29, 1.82) is 0 Å². The van der Waals surface area contributed by atoms with Crippen LogP contribution in [0.5, 0.6) is 28.7 Å². The molecule has 1 unspecified atom stereocenters. The predicted molar refractivity (Wildman–Crippen MR) is 255 cm³/mol. The summed E-state index contributed by atoms with van der Waals surface area (Å²) in [7, 11) is -3.84. The minimum atomic E-state index is -5.18. The van der Waals surface area contributed by atoms with E-state index in [0.717, 1.165) is 45.4 Å². The lowest BCUT2D eigenvalue weighted by Gasteiger charge is -2.43. The minimum Gasteiger partial charge on any atom is -0.504 e. The van der Waals surface area contributed by atoms with E-state index in [1.54, 1.807) is 12.3 Å². The molecule has 27 nitrogen and oxygen atoms in total. The molecule has 6 atom stereocenters. The van der Waals surface area contributed by atoms with E-state index in [9.17, 15) is 42.3 Å². The van der Waals surface area contributed by atoms with Crippen LogP contribution in [0.4, 0.5) is 5.69 Å². The van der Waals surface area contributed by atoms with Gasteiger partial charge in [-0.05, 0) is 59.5 Å². The number of benzene rings is 3. The molecule has 2 N–H and O–H groups in total. The number of methoxy groups -OCH3 is 1. The summed E-state index contributed by atoms with van der Waals surface area (Å²) >= 11 is 0. The number of phenols is 1. The highest BCUT2D eigenvalue weighted by Crippen LogP contribution is 2.39. The van der Waals surface area contributed by atoms with E-state index < -0.39 is 101 Å². The number of aliphatic imine (C=N–C) groups is 1. The molecule has 3 aromatic rings. The number of carbonyl (C=O) groups is 6. The Balaban J connectivity index is 1.24. The maximum atomic E-state index is 13.9. The van der Waals surface area contributed by atoms with Crippen LogP contribution in [0.1, 0.15) is 59.5 Å². The second-order valence-electron chi connectivity index (χ2n) is 16.4. The second-order valence-corrected chi connectivity index (χ2v) is 17.6. The summed E-state index contributed by atoms with van der Waals surface area (Å²) in [5.41, 5.74) is 9.80. The number of fused-ring (bicyclic) bond motifs is 3. The van der Waals surface area contributed by atoms with Gasteiger partial charge in [-0.3, -0.25) is 33.8 Å². The zero-order valence-electron chi connectivity index (χ0n) is 41.2. The number of azide groups is 1. The maximum absolute atomic E-state index is 13.9. The van der Waals surface area contributed by atoms with Crippen LogP contribution >= 0.6 is 0 Å². The summed E-state index contributed by atoms with van der Waals surface area (Å²) in [6.45, 7) is 4.94. The molecule has 3 aliphatic heterocycles. The minimum absolute atomic E-state index is 0.00673. The number of carbonyl (C=O) groups excluding carboxylic acids is 6. The van der Waals surface area contributed by atoms with Crippen LogP contribution in [0, 0.1) is 0 Å². The molecule has 0 bridgehead atoms. The molecule has 1 saturated heterocycles. The van der Waals surface area contributed by atoms with Crippen molar-refractivity contribution in [3.8, 4) is 28.7 Å². The van der Waals surface area contributed by atoms with E-state index in [4.69, 9.17) is 61.3 Å². The molecule has 0 spiro atoms. The number of esters is 4. The average Bonchev–Trinajstić information content (AvgIpc) is 3.47. The van der Waals surface area contributed by atoms with Gasteiger partial charge in [0.1, 0.15) is 18.5 Å². The molecule has 0 aliphatic carbocycles. The SMILES string of the molecule is COc1cc2c(cc1O)N=C[C@@H]1Cc3ccc(OS(=O)(=O)Oc4cc(C(=O)NCCOCCOCCOCCN=[N+]=[N-])ccc4OC4O[C@H](COC(C)=O)[C@H](OC(C)=O)[C@H](OC(C)=O)[C@H]4OC(C)=O)cc3CN1C2=O. The summed E-state index contributed by atoms with van der Waals surface area (Å²) in [4.78, 5) is 85.2. The van der Waals surface area contributed by atoms with Crippen molar-refractivity contribution in [3.63, 3.8) is 0 Å². The normalized spacial score (nSPS) is 19.6. The van der Waals surface area contributed by atoms with Gasteiger partial charge >= 0.3 is 34.3 Å². The van der Waals surface area contributed by atoms with Gasteiger partial charge in [-0.2, -0.15) is 0 Å². The van der Waals surface area contributed by atoms with Crippen LogP contribution in [0.15, 0.2) is 58.6 Å². The Morgan fingerprint density at radius 3 is 2.17 bits per heavy atom. The molecule has 6 rings (SSSR count). The number of hydrogen-bond donors (Lipinski definition) is 2. The van der Waals surface area contributed by atoms with Crippen molar-refractivity contribution in [2.24, 2.45) is 10.1 Å². The van der Waals surface area contributed by atoms with Gasteiger partial charge in [0, 0.05) is 70.1 Å². The van der Waals surface area contributed by atoms with Crippen molar-refractivity contribution in [1.82, 2.24) is 10.2 Å². The summed E-state index contributed by atoms with van der Waals surface area (Å²) in [6, 6.07) is 9.91. The van der Waals surface area contributed by atoms with Crippen molar-refractivity contribution in [2.75, 3.05) is 66.4 Å². The quantitative estimate of drug-likeness (QED) is 0.0307. The molecule has 404 valence electrons. The third kappa shape index (κ3) is 15.9. The summed E-state index contributed by atoms with van der Waals surface area (Å²) < 4.78 is 93.9. The number of nitrogens with zero attached hydrogens (tertiary/aromatic N) is 5. The lowest BCUT2D eigenvalue weighted by atomic mass is 9.94. The Morgan fingerprint density at radius 1 is 0.813 bits per heavy atom. The topological polar surface area (TPSA) is 344 Å². The van der Waals surface area contributed by atoms with E-state index in [2.05, 4.69) is 20.3 Å². The molecule has 3 heterocycles. The van der Waals surface area contributed by atoms with Gasteiger partial charge in [0.25, 0.3) is 11.8 Å². The van der Waals surface area contributed by atoms with Crippen molar-refractivity contribution in [3.05, 3.63) is 81.2 Å². The Kier molecular flexibility index (Phi) is 19.9. The molecule has 0 radical (unpaired) electrons. The van der Waals surface area contributed by atoms with Crippen LogP contribution in [0.2, 0.25) is 0 Å². The predicted octanol–water partition coefficient (Wildman–Crippen LogP) is 2.94. The zero-order chi connectivity index (χ0) is 54.2. The molecule has 0 saturated carbocycles. The van der Waals surface area contributed by atoms with E-state index >= 15 is 0 Å². The largest absolute Gasteiger partial charge is 0.504 e. The van der Waals surface area contributed by atoms with E-state index in [1.165, 1.54) is 42.3 Å². The van der Waals surface area contributed by atoms with Crippen LogP contribution in [0.25, 0.3) is 10.4 Å². The molecule has 1 fully saturated rings. The Morgan fingerprint density at radius 2 is 1.49 bits per heavy atom. The average molecular weight is 1070 g/mol. The fourth-order valence-corrected chi connectivity index (χ4v) is 8.53. The first-order chi connectivity index (χ1) is 35.9. The molecular weight excluding hydrogens is 1020 g/mol. The number of amides is 2. The highest BCUT2D eigenvalue weighted by molar-refractivity contribution is 7.82. The first-order valence-electron chi connectivity index (χ1n) is 23.0. The van der Waals surface area contributed by atoms with Crippen LogP contribution < -0.4 is 23.2 Å². The van der Waals surface area contributed by atoms with Crippen molar-refractivity contribution < 1.29 is 98.0 Å².